The van der Waals surface area contributed by atoms with Gasteiger partial charge in [-0.05, 0) is 62.1 Å². The first-order chi connectivity index (χ1) is 12.2. The van der Waals surface area contributed by atoms with Crippen LogP contribution in [0.3, 0.4) is 0 Å². The summed E-state index contributed by atoms with van der Waals surface area (Å²) in [5.41, 5.74) is 3.63. The van der Waals surface area contributed by atoms with E-state index in [2.05, 4.69) is 4.74 Å². The lowest BCUT2D eigenvalue weighted by atomic mass is 10.0. The van der Waals surface area contributed by atoms with E-state index in [1.54, 1.807) is 33.1 Å². The summed E-state index contributed by atoms with van der Waals surface area (Å²) in [5.74, 6) is -0.162. The molecule has 0 heterocycles. The van der Waals surface area contributed by atoms with Gasteiger partial charge in [0.2, 0.25) is 0 Å². The highest BCUT2D eigenvalue weighted by molar-refractivity contribution is 6.33. The third kappa shape index (κ3) is 5.88. The lowest BCUT2D eigenvalue weighted by Crippen LogP contribution is -1.94. The Morgan fingerprint density at radius 2 is 1.81 bits per heavy atom. The Morgan fingerprint density at radius 3 is 2.38 bits per heavy atom. The minimum atomic E-state index is -0.479. The molecule has 0 bridgehead atoms. The highest BCUT2D eigenvalue weighted by Crippen LogP contribution is 2.33. The number of benzene rings is 1. The fourth-order valence-electron chi connectivity index (χ4n) is 2.20. The summed E-state index contributed by atoms with van der Waals surface area (Å²) >= 11 is 6.40. The van der Waals surface area contributed by atoms with Gasteiger partial charge in [0.05, 0.1) is 19.2 Å². The molecular formula is C21H24ClFO3. The Labute approximate surface area is 159 Å². The number of ether oxygens (including phenoxy) is 2. The van der Waals surface area contributed by atoms with Gasteiger partial charge in [0.15, 0.2) is 0 Å². The van der Waals surface area contributed by atoms with E-state index < -0.39 is 11.8 Å². The Kier molecular flexibility index (Phi) is 8.33. The molecule has 26 heavy (non-hydrogen) atoms. The second-order valence-electron chi connectivity index (χ2n) is 5.86. The van der Waals surface area contributed by atoms with E-state index in [0.717, 1.165) is 22.4 Å². The molecule has 0 N–H and O–H groups in total. The number of methoxy groups -OCH3 is 2. The van der Waals surface area contributed by atoms with E-state index in [4.69, 9.17) is 16.3 Å². The van der Waals surface area contributed by atoms with Crippen LogP contribution < -0.4 is 4.74 Å². The average molecular weight is 379 g/mol. The topological polar surface area (TPSA) is 35.5 Å². The number of hydrogen-bond acceptors (Lipinski definition) is 3. The van der Waals surface area contributed by atoms with Gasteiger partial charge >= 0.3 is 5.97 Å². The molecule has 0 aliphatic heterocycles. The fraction of sp³-hybridized carbons (Fsp3) is 0.286. The van der Waals surface area contributed by atoms with Crippen molar-refractivity contribution in [2.45, 2.75) is 27.7 Å². The zero-order valence-corrected chi connectivity index (χ0v) is 16.7. The van der Waals surface area contributed by atoms with Crippen LogP contribution in [-0.4, -0.2) is 20.2 Å². The maximum absolute atomic E-state index is 14.2. The zero-order chi connectivity index (χ0) is 19.9. The van der Waals surface area contributed by atoms with Crippen molar-refractivity contribution < 1.29 is 18.7 Å². The summed E-state index contributed by atoms with van der Waals surface area (Å²) in [6, 6.07) is 1.90. The molecule has 0 amide bonds. The third-order valence-corrected chi connectivity index (χ3v) is 4.33. The van der Waals surface area contributed by atoms with Crippen molar-refractivity contribution in [3.63, 3.8) is 0 Å². The minimum absolute atomic E-state index is 0.405. The van der Waals surface area contributed by atoms with Gasteiger partial charge in [-0.15, -0.1) is 0 Å². The van der Waals surface area contributed by atoms with Crippen molar-refractivity contribution in [1.82, 2.24) is 0 Å². The Balaban J connectivity index is 3.07. The number of carbonyl (C=O) groups excluding carboxylic acids is 1. The number of hydrogen-bond donors (Lipinski definition) is 0. The smallest absolute Gasteiger partial charge is 0.330 e. The molecule has 1 aromatic carbocycles. The van der Waals surface area contributed by atoms with Crippen LogP contribution in [0.1, 0.15) is 30.5 Å². The van der Waals surface area contributed by atoms with Gasteiger partial charge in [0, 0.05) is 11.6 Å². The zero-order valence-electron chi connectivity index (χ0n) is 15.9. The SMILES string of the molecule is COC(=O)C=C(C)C=CC(F)=C(C)C=Cc1c(C)cc(OC)c(C)c1Cl. The first-order valence-electron chi connectivity index (χ1n) is 8.03. The van der Waals surface area contributed by atoms with Crippen molar-refractivity contribution in [3.05, 3.63) is 69.1 Å². The molecule has 5 heteroatoms. The summed E-state index contributed by atoms with van der Waals surface area (Å²) in [7, 11) is 2.89. The molecule has 140 valence electrons. The van der Waals surface area contributed by atoms with E-state index in [1.807, 2.05) is 19.9 Å². The summed E-state index contributed by atoms with van der Waals surface area (Å²) in [4.78, 5) is 11.1. The van der Waals surface area contributed by atoms with Crippen LogP contribution >= 0.6 is 11.6 Å². The van der Waals surface area contributed by atoms with Gasteiger partial charge in [-0.3, -0.25) is 0 Å². The first-order valence-corrected chi connectivity index (χ1v) is 8.41. The quantitative estimate of drug-likeness (QED) is 0.351. The molecule has 0 saturated heterocycles. The maximum Gasteiger partial charge on any atom is 0.330 e. The van der Waals surface area contributed by atoms with Gasteiger partial charge in [-0.2, -0.15) is 0 Å². The van der Waals surface area contributed by atoms with Crippen LogP contribution in [0, 0.1) is 13.8 Å². The van der Waals surface area contributed by atoms with Crippen molar-refractivity contribution in [2.24, 2.45) is 0 Å². The average Bonchev–Trinajstić information content (AvgIpc) is 2.61. The summed E-state index contributed by atoms with van der Waals surface area (Å²) in [6.07, 6.45) is 7.56. The Hall–Kier alpha value is -2.33. The molecule has 3 nitrogen and oxygen atoms in total. The van der Waals surface area contributed by atoms with Gasteiger partial charge in [-0.25, -0.2) is 9.18 Å². The molecule has 0 atom stereocenters. The normalized spacial score (nSPS) is 13.3. The molecule has 0 aliphatic rings. The number of halogens is 2. The summed E-state index contributed by atoms with van der Waals surface area (Å²) in [5, 5.41) is 0.582. The van der Waals surface area contributed by atoms with Crippen LogP contribution in [0.5, 0.6) is 5.75 Å². The Morgan fingerprint density at radius 1 is 1.15 bits per heavy atom. The van der Waals surface area contributed by atoms with Crippen molar-refractivity contribution >= 4 is 23.6 Å². The molecule has 1 rings (SSSR count). The van der Waals surface area contributed by atoms with Gasteiger partial charge < -0.3 is 9.47 Å². The van der Waals surface area contributed by atoms with Crippen molar-refractivity contribution in [3.8, 4) is 5.75 Å². The van der Waals surface area contributed by atoms with Crippen LogP contribution in [0.4, 0.5) is 4.39 Å². The van der Waals surface area contributed by atoms with Crippen LogP contribution in [0.15, 0.2) is 47.3 Å². The molecule has 0 spiro atoms. The van der Waals surface area contributed by atoms with Crippen LogP contribution in [0.25, 0.3) is 6.08 Å². The van der Waals surface area contributed by atoms with E-state index in [1.165, 1.54) is 25.3 Å². The number of aryl methyl sites for hydroxylation is 1. The molecule has 0 saturated carbocycles. The fourth-order valence-corrected chi connectivity index (χ4v) is 2.50. The largest absolute Gasteiger partial charge is 0.496 e. The molecule has 1 aromatic rings. The van der Waals surface area contributed by atoms with Gasteiger partial charge in [0.1, 0.15) is 11.6 Å². The molecule has 0 fully saturated rings. The second-order valence-corrected chi connectivity index (χ2v) is 6.24. The highest BCUT2D eigenvalue weighted by atomic mass is 35.5. The molecule has 0 aromatic heterocycles. The minimum Gasteiger partial charge on any atom is -0.496 e. The first kappa shape index (κ1) is 21.7. The van der Waals surface area contributed by atoms with Crippen molar-refractivity contribution in [1.29, 1.82) is 0 Å². The predicted molar refractivity (Wildman–Crippen MR) is 105 cm³/mol. The number of allylic oxidation sites excluding steroid dienone is 6. The summed E-state index contributed by atoms with van der Waals surface area (Å²) in [6.45, 7) is 7.15. The van der Waals surface area contributed by atoms with Crippen LogP contribution in [-0.2, 0) is 9.53 Å². The highest BCUT2D eigenvalue weighted by Gasteiger charge is 2.10. The summed E-state index contributed by atoms with van der Waals surface area (Å²) < 4.78 is 24.0. The number of esters is 1. The molecule has 0 unspecified atom stereocenters. The van der Waals surface area contributed by atoms with Gasteiger partial charge in [-0.1, -0.05) is 29.8 Å². The standard InChI is InChI=1S/C21H24ClFO3/c1-13(11-20(24)26-6)7-10-18(23)14(2)8-9-17-15(3)12-19(25-5)16(4)21(17)22/h7-12H,1-6H3. The monoisotopic (exact) mass is 378 g/mol. The maximum atomic E-state index is 14.2. The third-order valence-electron chi connectivity index (χ3n) is 3.84. The van der Waals surface area contributed by atoms with E-state index in [9.17, 15) is 9.18 Å². The molecule has 0 aliphatic carbocycles. The van der Waals surface area contributed by atoms with E-state index >= 15 is 0 Å². The Bertz CT molecular complexity index is 802. The van der Waals surface area contributed by atoms with Crippen molar-refractivity contribution in [2.75, 3.05) is 14.2 Å². The second kappa shape index (κ2) is 9.97. The lowest BCUT2D eigenvalue weighted by Gasteiger charge is -2.12. The van der Waals surface area contributed by atoms with Gasteiger partial charge in [0.25, 0.3) is 0 Å². The molecule has 0 radical (unpaired) electrons. The van der Waals surface area contributed by atoms with E-state index in [-0.39, 0.29) is 0 Å². The van der Waals surface area contributed by atoms with E-state index in [0.29, 0.717) is 16.2 Å². The molecular weight excluding hydrogens is 355 g/mol. The number of rotatable bonds is 6. The number of carbonyl (C=O) groups is 1. The predicted octanol–water partition coefficient (Wildman–Crippen LogP) is 5.90. The lowest BCUT2D eigenvalue weighted by molar-refractivity contribution is -0.134. The van der Waals surface area contributed by atoms with Crippen LogP contribution in [0.2, 0.25) is 5.02 Å².